The third-order valence-electron chi connectivity index (χ3n) is 5.89. The van der Waals surface area contributed by atoms with E-state index >= 15 is 0 Å². The second-order valence-electron chi connectivity index (χ2n) is 7.81. The van der Waals surface area contributed by atoms with Crippen molar-refractivity contribution in [2.45, 2.75) is 77.2 Å². The third-order valence-corrected chi connectivity index (χ3v) is 5.89. The van der Waals surface area contributed by atoms with Crippen molar-refractivity contribution in [2.75, 3.05) is 6.61 Å². The molecule has 4 aliphatic rings. The Hall–Kier alpha value is -1.06. The minimum atomic E-state index is -0.152. The molecule has 4 saturated carbocycles. The van der Waals surface area contributed by atoms with E-state index in [1.165, 1.54) is 32.1 Å². The van der Waals surface area contributed by atoms with Gasteiger partial charge in [-0.2, -0.15) is 0 Å². The maximum absolute atomic E-state index is 12.1. The van der Waals surface area contributed by atoms with Crippen LogP contribution >= 0.6 is 0 Å². The molecule has 4 bridgehead atoms. The number of esters is 2. The van der Waals surface area contributed by atoms with Crippen LogP contribution in [0, 0.1) is 23.7 Å². The van der Waals surface area contributed by atoms with Crippen LogP contribution in [0.3, 0.4) is 0 Å². The minimum Gasteiger partial charge on any atom is -0.466 e. The van der Waals surface area contributed by atoms with E-state index in [4.69, 9.17) is 9.47 Å². The molecular formula is C19H30O4. The van der Waals surface area contributed by atoms with Crippen LogP contribution in [0.4, 0.5) is 0 Å². The lowest BCUT2D eigenvalue weighted by molar-refractivity contribution is -0.171. The molecule has 4 aliphatic carbocycles. The van der Waals surface area contributed by atoms with Crippen LogP contribution in [0.25, 0.3) is 0 Å². The van der Waals surface area contributed by atoms with Crippen LogP contribution in [0.5, 0.6) is 0 Å². The lowest BCUT2D eigenvalue weighted by atomic mass is 9.55. The first-order chi connectivity index (χ1) is 11.2. The summed E-state index contributed by atoms with van der Waals surface area (Å²) in [6.45, 7) is 2.47. The van der Waals surface area contributed by atoms with E-state index in [-0.39, 0.29) is 18.0 Å². The van der Waals surface area contributed by atoms with Gasteiger partial charge >= 0.3 is 11.9 Å². The van der Waals surface area contributed by atoms with E-state index < -0.39 is 0 Å². The molecule has 0 aromatic carbocycles. The molecule has 0 aromatic heterocycles. The van der Waals surface area contributed by atoms with E-state index in [0.29, 0.717) is 44.1 Å². The molecule has 0 spiro atoms. The molecule has 130 valence electrons. The van der Waals surface area contributed by atoms with Crippen molar-refractivity contribution < 1.29 is 19.1 Å². The Morgan fingerprint density at radius 1 is 0.870 bits per heavy atom. The van der Waals surface area contributed by atoms with Gasteiger partial charge in [0.2, 0.25) is 0 Å². The summed E-state index contributed by atoms with van der Waals surface area (Å²) in [4.78, 5) is 23.5. The molecule has 4 fully saturated rings. The number of carbonyl (C=O) groups excluding carboxylic acids is 2. The van der Waals surface area contributed by atoms with Crippen LogP contribution in [-0.2, 0) is 19.1 Å². The molecule has 4 rings (SSSR count). The van der Waals surface area contributed by atoms with Gasteiger partial charge in [0.25, 0.3) is 0 Å². The van der Waals surface area contributed by atoms with Gasteiger partial charge in [-0.15, -0.1) is 0 Å². The van der Waals surface area contributed by atoms with Crippen LogP contribution in [0.2, 0.25) is 0 Å². The zero-order valence-electron chi connectivity index (χ0n) is 14.3. The summed E-state index contributed by atoms with van der Waals surface area (Å²) in [5, 5.41) is 0. The van der Waals surface area contributed by atoms with Gasteiger partial charge in [0.1, 0.15) is 6.10 Å². The van der Waals surface area contributed by atoms with E-state index in [2.05, 4.69) is 0 Å². The quantitative estimate of drug-likeness (QED) is 0.503. The molecular weight excluding hydrogens is 292 g/mol. The molecule has 0 heterocycles. The Kier molecular flexibility index (Phi) is 5.60. The number of hydrogen-bond acceptors (Lipinski definition) is 4. The van der Waals surface area contributed by atoms with Gasteiger partial charge in [-0.25, -0.2) is 0 Å². The number of unbranched alkanes of at least 4 members (excludes halogenated alkanes) is 1. The first-order valence-corrected chi connectivity index (χ1v) is 9.50. The smallest absolute Gasteiger partial charge is 0.306 e. The maximum Gasteiger partial charge on any atom is 0.306 e. The third kappa shape index (κ3) is 4.27. The highest BCUT2D eigenvalue weighted by Crippen LogP contribution is 2.54. The van der Waals surface area contributed by atoms with E-state index in [0.717, 1.165) is 18.3 Å². The van der Waals surface area contributed by atoms with E-state index in [9.17, 15) is 9.59 Å². The van der Waals surface area contributed by atoms with Crippen molar-refractivity contribution in [3.8, 4) is 0 Å². The van der Waals surface area contributed by atoms with Crippen LogP contribution < -0.4 is 0 Å². The average Bonchev–Trinajstić information content (AvgIpc) is 2.52. The Bertz CT molecular complexity index is 403. The largest absolute Gasteiger partial charge is 0.466 e. The van der Waals surface area contributed by atoms with E-state index in [1.807, 2.05) is 6.92 Å². The number of hydrogen-bond donors (Lipinski definition) is 0. The van der Waals surface area contributed by atoms with Crippen molar-refractivity contribution in [2.24, 2.45) is 23.7 Å². The monoisotopic (exact) mass is 322 g/mol. The lowest BCUT2D eigenvalue weighted by Gasteiger charge is -2.53. The molecule has 0 saturated heterocycles. The Morgan fingerprint density at radius 3 is 2.00 bits per heavy atom. The molecule has 0 N–H and O–H groups in total. The van der Waals surface area contributed by atoms with Crippen molar-refractivity contribution >= 4 is 11.9 Å². The zero-order valence-corrected chi connectivity index (χ0v) is 14.3. The molecule has 23 heavy (non-hydrogen) atoms. The van der Waals surface area contributed by atoms with Gasteiger partial charge in [0.05, 0.1) is 6.61 Å². The van der Waals surface area contributed by atoms with Crippen molar-refractivity contribution in [3.05, 3.63) is 0 Å². The highest BCUT2D eigenvalue weighted by Gasteiger charge is 2.49. The van der Waals surface area contributed by atoms with E-state index in [1.54, 1.807) is 0 Å². The number of ether oxygens (including phenoxy) is 2. The molecule has 4 nitrogen and oxygen atoms in total. The fraction of sp³-hybridized carbons (Fsp3) is 0.895. The van der Waals surface area contributed by atoms with Crippen LogP contribution in [-0.4, -0.2) is 24.6 Å². The second-order valence-corrected chi connectivity index (χ2v) is 7.81. The predicted molar refractivity (Wildman–Crippen MR) is 86.6 cm³/mol. The highest BCUT2D eigenvalue weighted by molar-refractivity contribution is 5.70. The molecule has 4 heteroatoms. The standard InChI is InChI=1S/C19H30O4/c1-2-7-22-17(20)5-3-4-6-18(21)23-19-15-9-13-8-14(11-15)12-16(19)10-13/h13-16,19H,2-12H2,1H3. The van der Waals surface area contributed by atoms with Gasteiger partial charge < -0.3 is 9.47 Å². The topological polar surface area (TPSA) is 52.6 Å². The molecule has 0 aromatic rings. The van der Waals surface area contributed by atoms with Gasteiger partial charge in [-0.1, -0.05) is 6.92 Å². The number of rotatable bonds is 8. The summed E-state index contributed by atoms with van der Waals surface area (Å²) in [6, 6.07) is 0. The summed E-state index contributed by atoms with van der Waals surface area (Å²) in [7, 11) is 0. The Labute approximate surface area is 139 Å². The fourth-order valence-electron chi connectivity index (χ4n) is 5.11. The molecule has 0 amide bonds. The summed E-state index contributed by atoms with van der Waals surface area (Å²) in [6.07, 6.45) is 9.81. The van der Waals surface area contributed by atoms with Crippen molar-refractivity contribution in [1.29, 1.82) is 0 Å². The summed E-state index contributed by atoms with van der Waals surface area (Å²) in [5.74, 6) is 2.84. The van der Waals surface area contributed by atoms with Crippen LogP contribution in [0.1, 0.15) is 71.1 Å². The van der Waals surface area contributed by atoms with Crippen molar-refractivity contribution in [3.63, 3.8) is 0 Å². The minimum absolute atomic E-state index is 0.0654. The molecule has 0 atom stereocenters. The molecule has 0 aliphatic heterocycles. The summed E-state index contributed by atoms with van der Waals surface area (Å²) in [5.41, 5.74) is 0. The van der Waals surface area contributed by atoms with Crippen molar-refractivity contribution in [1.82, 2.24) is 0 Å². The van der Waals surface area contributed by atoms with Crippen LogP contribution in [0.15, 0.2) is 0 Å². The zero-order chi connectivity index (χ0) is 16.2. The lowest BCUT2D eigenvalue weighted by Crippen LogP contribution is -2.50. The van der Waals surface area contributed by atoms with Gasteiger partial charge in [-0.05, 0) is 75.0 Å². The average molecular weight is 322 g/mol. The Balaban J connectivity index is 1.33. The first-order valence-electron chi connectivity index (χ1n) is 9.50. The second kappa shape index (κ2) is 7.67. The van der Waals surface area contributed by atoms with Gasteiger partial charge in [0.15, 0.2) is 0 Å². The normalized spacial score (nSPS) is 34.4. The fourth-order valence-corrected chi connectivity index (χ4v) is 5.11. The molecule has 0 unspecified atom stereocenters. The van der Waals surface area contributed by atoms with Gasteiger partial charge in [0, 0.05) is 12.8 Å². The summed E-state index contributed by atoms with van der Waals surface area (Å²) >= 11 is 0. The van der Waals surface area contributed by atoms with Gasteiger partial charge in [-0.3, -0.25) is 9.59 Å². The Morgan fingerprint density at radius 2 is 1.43 bits per heavy atom. The maximum atomic E-state index is 12.1. The summed E-state index contributed by atoms with van der Waals surface area (Å²) < 4.78 is 10.9. The predicted octanol–water partition coefficient (Wildman–Crippen LogP) is 3.87. The SMILES string of the molecule is CCCOC(=O)CCCCC(=O)OC1C2CC3CC(C2)CC1C3. The molecule has 0 radical (unpaired) electrons. The number of carbonyl (C=O) groups is 2. The first kappa shape index (κ1) is 16.8. The highest BCUT2D eigenvalue weighted by atomic mass is 16.5.